The first-order chi connectivity index (χ1) is 19.9. The maximum atomic E-state index is 6.18. The molecule has 0 bridgehead atoms. The van der Waals surface area contributed by atoms with Crippen molar-refractivity contribution in [2.75, 3.05) is 7.11 Å². The minimum absolute atomic E-state index is 0.476. The highest BCUT2D eigenvalue weighted by molar-refractivity contribution is 7.15. The summed E-state index contributed by atoms with van der Waals surface area (Å²) in [7, 11) is 1.67. The van der Waals surface area contributed by atoms with Crippen molar-refractivity contribution in [3.8, 4) is 39.0 Å². The van der Waals surface area contributed by atoms with Gasteiger partial charge in [0.25, 0.3) is 5.89 Å². The Morgan fingerprint density at radius 1 is 1.05 bits per heavy atom. The lowest BCUT2D eigenvalue weighted by Gasteiger charge is -2.09. The molecule has 0 aliphatic carbocycles. The van der Waals surface area contributed by atoms with Crippen molar-refractivity contribution in [3.05, 3.63) is 81.7 Å². The first-order valence-corrected chi connectivity index (χ1v) is 14.0. The number of aryl methyl sites for hydroxylation is 3. The summed E-state index contributed by atoms with van der Waals surface area (Å²) in [6, 6.07) is 11.7. The van der Waals surface area contributed by atoms with Crippen LogP contribution in [0.1, 0.15) is 27.8 Å². The summed E-state index contributed by atoms with van der Waals surface area (Å²) in [4.78, 5) is 23.4. The van der Waals surface area contributed by atoms with Gasteiger partial charge in [-0.05, 0) is 45.0 Å². The molecule has 41 heavy (non-hydrogen) atoms. The molecule has 0 aliphatic heterocycles. The molecular weight excluding hydrogens is 560 g/mol. The third-order valence-corrected chi connectivity index (χ3v) is 8.31. The van der Waals surface area contributed by atoms with E-state index in [4.69, 9.17) is 40.2 Å². The fourth-order valence-electron chi connectivity index (χ4n) is 5.26. The Labute approximate surface area is 243 Å². The number of H-pyrrole nitrogens is 1. The number of thiazole rings is 1. The monoisotopic (exact) mass is 582 g/mol. The van der Waals surface area contributed by atoms with Gasteiger partial charge in [-0.2, -0.15) is 0 Å². The van der Waals surface area contributed by atoms with Gasteiger partial charge in [-0.15, -0.1) is 11.3 Å². The van der Waals surface area contributed by atoms with Crippen LogP contribution in [0.3, 0.4) is 0 Å². The molecule has 11 heteroatoms. The summed E-state index contributed by atoms with van der Waals surface area (Å²) < 4.78 is 16.9. The minimum Gasteiger partial charge on any atom is -0.496 e. The number of ether oxygens (including phenoxy) is 1. The van der Waals surface area contributed by atoms with Crippen LogP contribution in [0.15, 0.2) is 57.8 Å². The summed E-state index contributed by atoms with van der Waals surface area (Å²) in [6.45, 7) is 5.72. The zero-order chi connectivity index (χ0) is 28.2. The van der Waals surface area contributed by atoms with E-state index in [0.29, 0.717) is 33.9 Å². The van der Waals surface area contributed by atoms with Crippen LogP contribution >= 0.6 is 22.9 Å². The van der Waals surface area contributed by atoms with E-state index in [1.807, 2.05) is 51.1 Å². The van der Waals surface area contributed by atoms with Crippen LogP contribution in [0.4, 0.5) is 0 Å². The van der Waals surface area contributed by atoms with Gasteiger partial charge in [-0.3, -0.25) is 0 Å². The number of aromatic nitrogens is 6. The molecular formula is C30H23ClN6O3S. The minimum atomic E-state index is 0.476. The normalized spacial score (nSPS) is 11.6. The van der Waals surface area contributed by atoms with E-state index < -0.39 is 0 Å². The number of halogens is 1. The van der Waals surface area contributed by atoms with E-state index in [9.17, 15) is 0 Å². The fourth-order valence-corrected chi connectivity index (χ4v) is 6.41. The van der Waals surface area contributed by atoms with Gasteiger partial charge in [-0.1, -0.05) is 28.9 Å². The Morgan fingerprint density at radius 2 is 1.88 bits per heavy atom. The number of nitrogens with one attached hydrogen (secondary N) is 1. The molecule has 5 aromatic heterocycles. The summed E-state index contributed by atoms with van der Waals surface area (Å²) in [5.41, 5.74) is 6.95. The Kier molecular flexibility index (Phi) is 6.09. The summed E-state index contributed by atoms with van der Waals surface area (Å²) in [6.07, 6.45) is 3.69. The Morgan fingerprint density at radius 3 is 2.59 bits per heavy atom. The van der Waals surface area contributed by atoms with Crippen molar-refractivity contribution >= 4 is 44.9 Å². The number of hydrogen-bond donors (Lipinski definition) is 1. The van der Waals surface area contributed by atoms with Crippen molar-refractivity contribution in [2.45, 2.75) is 27.2 Å². The number of fused-ring (bicyclic) bond motifs is 3. The van der Waals surface area contributed by atoms with Gasteiger partial charge in [0, 0.05) is 43.7 Å². The third-order valence-electron chi connectivity index (χ3n) is 7.02. The van der Waals surface area contributed by atoms with Crippen molar-refractivity contribution in [3.63, 3.8) is 0 Å². The zero-order valence-electron chi connectivity index (χ0n) is 22.6. The molecule has 0 amide bonds. The molecule has 0 saturated heterocycles. The lowest BCUT2D eigenvalue weighted by Crippen LogP contribution is -1.98. The van der Waals surface area contributed by atoms with Crippen LogP contribution in [0, 0.1) is 20.8 Å². The predicted octanol–water partition coefficient (Wildman–Crippen LogP) is 7.72. The molecule has 7 aromatic rings. The van der Waals surface area contributed by atoms with Crippen LogP contribution in [-0.2, 0) is 6.42 Å². The summed E-state index contributed by atoms with van der Waals surface area (Å²) in [5.74, 6) is 2.59. The molecule has 1 N–H and O–H groups in total. The third kappa shape index (κ3) is 4.36. The maximum absolute atomic E-state index is 6.18. The van der Waals surface area contributed by atoms with Gasteiger partial charge >= 0.3 is 0 Å². The van der Waals surface area contributed by atoms with Crippen LogP contribution in [0.2, 0.25) is 5.02 Å². The van der Waals surface area contributed by atoms with E-state index >= 15 is 0 Å². The molecule has 0 radical (unpaired) electrons. The lowest BCUT2D eigenvalue weighted by atomic mass is 10.00. The molecule has 0 aliphatic rings. The van der Waals surface area contributed by atoms with Crippen molar-refractivity contribution in [1.82, 2.24) is 30.1 Å². The van der Waals surface area contributed by atoms with Gasteiger partial charge in [-0.25, -0.2) is 19.9 Å². The highest BCUT2D eigenvalue weighted by Gasteiger charge is 2.23. The smallest absolute Gasteiger partial charge is 0.255 e. The van der Waals surface area contributed by atoms with Gasteiger partial charge < -0.3 is 18.7 Å². The van der Waals surface area contributed by atoms with Crippen molar-refractivity contribution in [2.24, 2.45) is 0 Å². The first kappa shape index (κ1) is 25.4. The number of benzene rings is 2. The zero-order valence-corrected chi connectivity index (χ0v) is 24.1. The molecule has 9 nitrogen and oxygen atoms in total. The van der Waals surface area contributed by atoms with Crippen LogP contribution in [0.5, 0.6) is 5.75 Å². The Bertz CT molecular complexity index is 2040. The largest absolute Gasteiger partial charge is 0.496 e. The van der Waals surface area contributed by atoms with E-state index in [1.54, 1.807) is 19.6 Å². The molecule has 0 fully saturated rings. The van der Waals surface area contributed by atoms with Crippen LogP contribution in [-0.4, -0.2) is 37.2 Å². The van der Waals surface area contributed by atoms with Crippen molar-refractivity contribution < 1.29 is 13.7 Å². The molecule has 7 rings (SSSR count). The topological polar surface area (TPSA) is 116 Å². The van der Waals surface area contributed by atoms with Gasteiger partial charge in [0.15, 0.2) is 5.01 Å². The maximum Gasteiger partial charge on any atom is 0.255 e. The molecule has 5 heterocycles. The molecule has 0 saturated carbocycles. The fraction of sp³-hybridized carbons (Fsp3) is 0.167. The SMILES string of the molecule is COc1cc2c(cc1-c1c(C)noc1C)[nH]c1nc(C)nc(Cc3sc(-c4ncco4)nc3-c3ccc(Cl)cc3)c12. The predicted molar refractivity (Wildman–Crippen MR) is 159 cm³/mol. The molecule has 2 aromatic carbocycles. The molecule has 0 atom stereocenters. The molecule has 0 unspecified atom stereocenters. The second kappa shape index (κ2) is 9.83. The van der Waals surface area contributed by atoms with E-state index in [1.165, 1.54) is 11.3 Å². The van der Waals surface area contributed by atoms with Crippen LogP contribution < -0.4 is 4.74 Å². The Balaban J connectivity index is 1.42. The van der Waals surface area contributed by atoms with Crippen LogP contribution in [0.25, 0.3) is 55.2 Å². The number of methoxy groups -OCH3 is 1. The lowest BCUT2D eigenvalue weighted by molar-refractivity contribution is 0.393. The number of rotatable bonds is 6. The van der Waals surface area contributed by atoms with Crippen molar-refractivity contribution in [1.29, 1.82) is 0 Å². The van der Waals surface area contributed by atoms with Gasteiger partial charge in [0.05, 0.1) is 36.0 Å². The van der Waals surface area contributed by atoms with E-state index in [2.05, 4.69) is 21.2 Å². The van der Waals surface area contributed by atoms with E-state index in [-0.39, 0.29) is 0 Å². The van der Waals surface area contributed by atoms with Gasteiger partial charge in [0.1, 0.15) is 29.2 Å². The highest BCUT2D eigenvalue weighted by Crippen LogP contribution is 2.41. The molecule has 204 valence electrons. The average Bonchev–Trinajstić information content (AvgIpc) is 3.75. The van der Waals surface area contributed by atoms with Gasteiger partial charge in [0.2, 0.25) is 0 Å². The number of hydrogen-bond acceptors (Lipinski definition) is 9. The average molecular weight is 583 g/mol. The summed E-state index contributed by atoms with van der Waals surface area (Å²) >= 11 is 7.72. The Hall–Kier alpha value is -4.54. The molecule has 0 spiro atoms. The van der Waals surface area contributed by atoms with E-state index in [0.717, 1.165) is 66.3 Å². The second-order valence-corrected chi connectivity index (χ2v) is 11.2. The number of aromatic amines is 1. The highest BCUT2D eigenvalue weighted by atomic mass is 35.5. The standard InChI is InChI=1S/C30H23ClN6O3S/c1-14-25(15(2)40-37-14)20-11-21-19(12-23(20)38-4)26-22(33-16(3)34-28(26)35-21)13-24-27(17-5-7-18(31)8-6-17)36-30(41-24)29-32-9-10-39-29/h5-12H,13H2,1-4H3,(H,33,34,35). The summed E-state index contributed by atoms with van der Waals surface area (Å²) in [5, 5.41) is 7.39. The second-order valence-electron chi connectivity index (χ2n) is 9.68. The number of nitrogens with zero attached hydrogens (tertiary/aromatic N) is 5. The quantitative estimate of drug-likeness (QED) is 0.212. The number of oxazole rings is 1. The first-order valence-electron chi connectivity index (χ1n) is 12.8.